The van der Waals surface area contributed by atoms with E-state index in [2.05, 4.69) is 0 Å². The molecule has 290 valence electrons. The van der Waals surface area contributed by atoms with Crippen molar-refractivity contribution < 1.29 is 30.8 Å². The van der Waals surface area contributed by atoms with Gasteiger partial charge in [-0.3, -0.25) is 0 Å². The summed E-state index contributed by atoms with van der Waals surface area (Å²) >= 11 is 0. The van der Waals surface area contributed by atoms with E-state index in [4.69, 9.17) is 40.2 Å². The van der Waals surface area contributed by atoms with Crippen LogP contribution >= 0.6 is 0 Å². The molecule has 0 bridgehead atoms. The average Bonchev–Trinajstić information content (AvgIpc) is 4.27. The highest BCUT2D eigenvalue weighted by Crippen LogP contribution is 2.42. The molecule has 0 N–H and O–H groups in total. The van der Waals surface area contributed by atoms with E-state index in [1.165, 1.54) is 12.1 Å². The summed E-state index contributed by atoms with van der Waals surface area (Å²) in [5.41, 5.74) is 2.80. The van der Waals surface area contributed by atoms with E-state index >= 15 is 0 Å². The Morgan fingerprint density at radius 1 is 0.339 bits per heavy atom. The van der Waals surface area contributed by atoms with E-state index in [-0.39, 0.29) is 89.5 Å². The second kappa shape index (κ2) is 14.7. The molecule has 0 aliphatic carbocycles. The van der Waals surface area contributed by atoms with Gasteiger partial charge in [0.25, 0.3) is 0 Å². The fraction of sp³-hybridized carbons (Fsp3) is 0. The van der Waals surface area contributed by atoms with E-state index in [0.29, 0.717) is 21.9 Å². The van der Waals surface area contributed by atoms with Gasteiger partial charge in [0.05, 0.1) is 27.5 Å². The van der Waals surface area contributed by atoms with Crippen LogP contribution in [-0.4, -0.2) is 15.0 Å². The van der Waals surface area contributed by atoms with Gasteiger partial charge in [0.2, 0.25) is 0 Å². The smallest absolute Gasteiger partial charge is 0.167 e. The van der Waals surface area contributed by atoms with Gasteiger partial charge < -0.3 is 8.83 Å². The van der Waals surface area contributed by atoms with Crippen LogP contribution in [0.5, 0.6) is 0 Å². The number of furan rings is 2. The Morgan fingerprint density at radius 2 is 0.952 bits per heavy atom. The van der Waals surface area contributed by atoms with Crippen molar-refractivity contribution in [2.75, 3.05) is 0 Å². The maximum atomic E-state index is 9.78. The van der Waals surface area contributed by atoms with Crippen molar-refractivity contribution in [3.63, 3.8) is 0 Å². The summed E-state index contributed by atoms with van der Waals surface area (Å²) in [6.07, 6.45) is 0. The van der Waals surface area contributed by atoms with Crippen molar-refractivity contribution in [3.05, 3.63) is 212 Å². The molecule has 0 radical (unpaired) electrons. The SMILES string of the molecule is [2H]c1c([2H])c([2H])c(-c2cccc(-c3c([2H])c([2H])c([2H])c4oc5c([2H])c(-c6nc(-c7ccc(-c8ccccc8)cc7)nc(-c7cccc8c7oc7c(-c9c([2H])c([2H])c([2H])c([2H])c9[2H])cccc78)n6)c([2H])c([2H])c5c34)c2)c([2H])c1[2H]. The summed E-state index contributed by atoms with van der Waals surface area (Å²) in [5, 5.41) is 0.971. The number of benzene rings is 9. The van der Waals surface area contributed by atoms with E-state index in [0.717, 1.165) is 11.1 Å². The highest BCUT2D eigenvalue weighted by molar-refractivity contribution is 6.14. The van der Waals surface area contributed by atoms with Crippen LogP contribution in [0.25, 0.3) is 123 Å². The maximum absolute atomic E-state index is 9.78. The Morgan fingerprint density at radius 3 is 1.73 bits per heavy atom. The number of fused-ring (bicyclic) bond motifs is 6. The highest BCUT2D eigenvalue weighted by atomic mass is 16.3. The molecule has 9 aromatic carbocycles. The number of rotatable bonds is 7. The monoisotopic (exact) mass is 809 g/mol. The van der Waals surface area contributed by atoms with Crippen molar-refractivity contribution in [3.8, 4) is 78.7 Å². The van der Waals surface area contributed by atoms with E-state index in [1.807, 2.05) is 54.6 Å². The summed E-state index contributed by atoms with van der Waals surface area (Å²) in [6.45, 7) is 0. The van der Waals surface area contributed by atoms with Crippen LogP contribution in [0.15, 0.2) is 221 Å². The van der Waals surface area contributed by atoms with Crippen LogP contribution in [-0.2, 0) is 0 Å². The maximum Gasteiger partial charge on any atom is 0.167 e. The third kappa shape index (κ3) is 6.14. The number of para-hydroxylation sites is 2. The Bertz CT molecular complexity index is 4520. The third-order valence-corrected chi connectivity index (χ3v) is 10.7. The zero-order valence-electron chi connectivity index (χ0n) is 48.1. The molecule has 0 aliphatic rings. The van der Waals surface area contributed by atoms with Gasteiger partial charge in [0.15, 0.2) is 17.5 Å². The minimum Gasteiger partial charge on any atom is -0.456 e. The summed E-state index contributed by atoms with van der Waals surface area (Å²) in [5.74, 6) is -0.107. The topological polar surface area (TPSA) is 65.0 Å². The van der Waals surface area contributed by atoms with Gasteiger partial charge in [-0.2, -0.15) is 0 Å². The largest absolute Gasteiger partial charge is 0.456 e. The minimum atomic E-state index is -0.577. The highest BCUT2D eigenvalue weighted by Gasteiger charge is 2.21. The zero-order chi connectivity index (χ0) is 54.9. The van der Waals surface area contributed by atoms with Crippen molar-refractivity contribution >= 4 is 43.9 Å². The predicted octanol–water partition coefficient (Wildman–Crippen LogP) is 15.3. The predicted molar refractivity (Wildman–Crippen MR) is 252 cm³/mol. The van der Waals surface area contributed by atoms with E-state index in [1.54, 1.807) is 48.5 Å². The molecule has 5 heteroatoms. The molecule has 12 rings (SSSR count). The second-order valence-electron chi connectivity index (χ2n) is 14.3. The lowest BCUT2D eigenvalue weighted by atomic mass is 9.96. The molecule has 5 nitrogen and oxygen atoms in total. The summed E-state index contributed by atoms with van der Waals surface area (Å²) in [7, 11) is 0. The Labute approximate surface area is 379 Å². The van der Waals surface area contributed by atoms with Gasteiger partial charge in [-0.05, 0) is 69.2 Å². The number of hydrogen-bond donors (Lipinski definition) is 0. The quantitative estimate of drug-likeness (QED) is 0.160. The lowest BCUT2D eigenvalue weighted by Crippen LogP contribution is -2.00. The number of aromatic nitrogens is 3. The molecule has 0 saturated heterocycles. The molecule has 62 heavy (non-hydrogen) atoms. The van der Waals surface area contributed by atoms with E-state index < -0.39 is 96.7 Å². The number of hydrogen-bond acceptors (Lipinski definition) is 5. The van der Waals surface area contributed by atoms with Gasteiger partial charge in [-0.1, -0.05) is 182 Å². The Kier molecular flexibility index (Phi) is 5.41. The Balaban J connectivity index is 1.09. The van der Waals surface area contributed by atoms with Crippen LogP contribution in [0.1, 0.15) is 21.9 Å². The molecule has 0 spiro atoms. The molecule has 0 aliphatic heterocycles. The zero-order valence-corrected chi connectivity index (χ0v) is 32.1. The molecule has 0 fully saturated rings. The standard InChI is InChI=1S/C57H35N3O2/c1-4-14-36(15-5-1)38-28-30-40(31-29-38)55-58-56(60-57(59-55)49-26-12-25-47-46-24-11-23-45(53(46)62-54(47)49)39-18-8-3-9-19-39)43-32-33-48-51(35-43)61-50-27-13-22-44(52(48)50)42-21-10-20-41(34-42)37-16-6-2-7-17-37/h1-35H/i2D,3D,6D,7D,8D,9D,13D,16D,17D,18D,19D,22D,27D,32D,33D,35D. The normalized spacial score (nSPS) is 15.2. The summed E-state index contributed by atoms with van der Waals surface area (Å²) < 4.78 is 154. The van der Waals surface area contributed by atoms with Crippen molar-refractivity contribution in [2.24, 2.45) is 0 Å². The molecule has 3 aromatic heterocycles. The first kappa shape index (κ1) is 22.8. The summed E-state index contributed by atoms with van der Waals surface area (Å²) in [6, 6.07) is 25.5. The fourth-order valence-electron chi connectivity index (χ4n) is 7.76. The number of nitrogens with zero attached hydrogens (tertiary/aromatic N) is 3. The molecule has 12 aromatic rings. The molecule has 0 amide bonds. The molecule has 0 unspecified atom stereocenters. The summed E-state index contributed by atoms with van der Waals surface area (Å²) in [4.78, 5) is 14.7. The third-order valence-electron chi connectivity index (χ3n) is 10.7. The molecular weight excluding hydrogens is 759 g/mol. The van der Waals surface area contributed by atoms with Crippen LogP contribution in [0.4, 0.5) is 0 Å². The lowest BCUT2D eigenvalue weighted by Gasteiger charge is -2.10. The van der Waals surface area contributed by atoms with Crippen LogP contribution in [0.3, 0.4) is 0 Å². The lowest BCUT2D eigenvalue weighted by molar-refractivity contribution is 0.669. The van der Waals surface area contributed by atoms with Crippen LogP contribution < -0.4 is 0 Å². The molecule has 3 heterocycles. The van der Waals surface area contributed by atoms with Gasteiger partial charge in [0.1, 0.15) is 22.3 Å². The second-order valence-corrected chi connectivity index (χ2v) is 14.3. The first-order valence-electron chi connectivity index (χ1n) is 27.4. The van der Waals surface area contributed by atoms with Crippen LogP contribution in [0.2, 0.25) is 0 Å². The van der Waals surface area contributed by atoms with Crippen molar-refractivity contribution in [2.45, 2.75) is 0 Å². The van der Waals surface area contributed by atoms with E-state index in [9.17, 15) is 5.48 Å². The van der Waals surface area contributed by atoms with Gasteiger partial charge in [-0.15, -0.1) is 0 Å². The van der Waals surface area contributed by atoms with Crippen molar-refractivity contribution in [1.29, 1.82) is 0 Å². The average molecular weight is 810 g/mol. The van der Waals surface area contributed by atoms with Gasteiger partial charge >= 0.3 is 0 Å². The molecule has 0 saturated carbocycles. The van der Waals surface area contributed by atoms with Crippen LogP contribution in [0, 0.1) is 0 Å². The van der Waals surface area contributed by atoms with Gasteiger partial charge in [0, 0.05) is 38.2 Å². The van der Waals surface area contributed by atoms with Gasteiger partial charge in [-0.25, -0.2) is 15.0 Å². The fourth-order valence-corrected chi connectivity index (χ4v) is 7.76. The minimum absolute atomic E-state index is 0.0126. The Hall–Kier alpha value is -8.41. The van der Waals surface area contributed by atoms with Crippen molar-refractivity contribution in [1.82, 2.24) is 15.0 Å². The first-order chi connectivity index (χ1) is 37.4. The molecule has 0 atom stereocenters. The molecular formula is C57H35N3O2. The first-order valence-corrected chi connectivity index (χ1v) is 19.4.